The Morgan fingerprint density at radius 1 is 1.11 bits per heavy atom. The largest absolute Gasteiger partial charge is 0.486 e. The van der Waals surface area contributed by atoms with Gasteiger partial charge in [0, 0.05) is 15.9 Å². The van der Waals surface area contributed by atoms with E-state index in [1.54, 1.807) is 18.2 Å². The second-order valence-corrected chi connectivity index (χ2v) is 4.77. The van der Waals surface area contributed by atoms with Gasteiger partial charge in [-0.05, 0) is 23.8 Å². The van der Waals surface area contributed by atoms with Crippen LogP contribution in [0.5, 0.6) is 5.75 Å². The maximum absolute atomic E-state index is 13.6. The summed E-state index contributed by atoms with van der Waals surface area (Å²) in [4.78, 5) is 0. The van der Waals surface area contributed by atoms with Gasteiger partial charge in [0.25, 0.3) is 0 Å². The lowest BCUT2D eigenvalue weighted by atomic mass is 10.2. The average Bonchev–Trinajstić information content (AvgIpc) is 2.39. The number of para-hydroxylation sites is 1. The lowest BCUT2D eigenvalue weighted by Crippen LogP contribution is -2.00. The second kappa shape index (κ2) is 6.21. The molecule has 0 bridgehead atoms. The molecule has 0 heterocycles. The molecule has 0 fully saturated rings. The summed E-state index contributed by atoms with van der Waals surface area (Å²) in [7, 11) is 0. The van der Waals surface area contributed by atoms with Gasteiger partial charge in [0.1, 0.15) is 6.61 Å². The monoisotopic (exact) mass is 328 g/mol. The molecule has 0 spiro atoms. The highest BCUT2D eigenvalue weighted by atomic mass is 79.9. The van der Waals surface area contributed by atoms with Gasteiger partial charge in [0.2, 0.25) is 0 Å². The van der Waals surface area contributed by atoms with Crippen molar-refractivity contribution in [2.24, 2.45) is 0 Å². The molecule has 2 aromatic carbocycles. The molecule has 2 rings (SSSR count). The topological polar surface area (TPSA) is 9.23 Å². The van der Waals surface area contributed by atoms with E-state index in [4.69, 9.17) is 16.3 Å². The molecule has 0 aliphatic heterocycles. The van der Waals surface area contributed by atoms with E-state index in [1.807, 2.05) is 18.2 Å². The number of rotatable bonds is 4. The van der Waals surface area contributed by atoms with Crippen molar-refractivity contribution in [2.45, 2.75) is 11.9 Å². The summed E-state index contributed by atoms with van der Waals surface area (Å²) in [6.45, 7) is 0.318. The zero-order valence-electron chi connectivity index (χ0n) is 9.50. The lowest BCUT2D eigenvalue weighted by Gasteiger charge is -2.11. The van der Waals surface area contributed by atoms with E-state index < -0.39 is 0 Å². The van der Waals surface area contributed by atoms with Crippen molar-refractivity contribution < 1.29 is 9.13 Å². The third-order valence-electron chi connectivity index (χ3n) is 2.49. The van der Waals surface area contributed by atoms with Crippen LogP contribution in [0.15, 0.2) is 42.5 Å². The number of hydrogen-bond acceptors (Lipinski definition) is 1. The molecule has 18 heavy (non-hydrogen) atoms. The molecular weight excluding hydrogens is 319 g/mol. The maximum atomic E-state index is 13.6. The standard InChI is InChI=1S/C14H11BrClFO/c15-8-11-2-1-3-13(17)14(11)18-9-10-4-6-12(16)7-5-10/h1-7H,8-9H2. The molecule has 0 amide bonds. The van der Waals surface area contributed by atoms with Gasteiger partial charge in [-0.3, -0.25) is 0 Å². The zero-order chi connectivity index (χ0) is 13.0. The zero-order valence-corrected chi connectivity index (χ0v) is 11.8. The fourth-order valence-electron chi connectivity index (χ4n) is 1.56. The highest BCUT2D eigenvalue weighted by Gasteiger charge is 2.08. The minimum Gasteiger partial charge on any atom is -0.486 e. The Balaban J connectivity index is 2.12. The van der Waals surface area contributed by atoms with Crippen molar-refractivity contribution in [3.05, 3.63) is 64.4 Å². The highest BCUT2D eigenvalue weighted by Crippen LogP contribution is 2.25. The minimum absolute atomic E-state index is 0.296. The van der Waals surface area contributed by atoms with Crippen molar-refractivity contribution in [1.29, 1.82) is 0 Å². The van der Waals surface area contributed by atoms with Gasteiger partial charge in [-0.1, -0.05) is 51.8 Å². The number of halogens is 3. The van der Waals surface area contributed by atoms with Crippen molar-refractivity contribution in [3.63, 3.8) is 0 Å². The molecule has 0 saturated carbocycles. The van der Waals surface area contributed by atoms with Crippen LogP contribution in [0.25, 0.3) is 0 Å². The van der Waals surface area contributed by atoms with Crippen molar-refractivity contribution in [2.75, 3.05) is 0 Å². The van der Waals surface area contributed by atoms with Crippen molar-refractivity contribution >= 4 is 27.5 Å². The van der Waals surface area contributed by atoms with Gasteiger partial charge < -0.3 is 4.74 Å². The normalized spacial score (nSPS) is 10.4. The average molecular weight is 330 g/mol. The van der Waals surface area contributed by atoms with E-state index in [0.29, 0.717) is 22.7 Å². The number of alkyl halides is 1. The summed E-state index contributed by atoms with van der Waals surface area (Å²) in [6.07, 6.45) is 0. The predicted octanol–water partition coefficient (Wildman–Crippen LogP) is 4.95. The Hall–Kier alpha value is -1.06. The minimum atomic E-state index is -0.346. The third-order valence-corrected chi connectivity index (χ3v) is 3.35. The van der Waals surface area contributed by atoms with Crippen LogP contribution < -0.4 is 4.74 Å². The van der Waals surface area contributed by atoms with Gasteiger partial charge >= 0.3 is 0 Å². The van der Waals surface area contributed by atoms with E-state index >= 15 is 0 Å². The summed E-state index contributed by atoms with van der Waals surface area (Å²) in [5.74, 6) is -0.0507. The van der Waals surface area contributed by atoms with Crippen LogP contribution in [0.1, 0.15) is 11.1 Å². The Morgan fingerprint density at radius 2 is 1.83 bits per heavy atom. The fourth-order valence-corrected chi connectivity index (χ4v) is 2.12. The van der Waals surface area contributed by atoms with Crippen LogP contribution in [-0.4, -0.2) is 0 Å². The third kappa shape index (κ3) is 3.24. The van der Waals surface area contributed by atoms with Gasteiger partial charge in [-0.25, -0.2) is 4.39 Å². The quantitative estimate of drug-likeness (QED) is 0.721. The molecule has 0 unspecified atom stereocenters. The van der Waals surface area contributed by atoms with Crippen LogP contribution in [-0.2, 0) is 11.9 Å². The SMILES string of the molecule is Fc1cccc(CBr)c1OCc1ccc(Cl)cc1. The predicted molar refractivity (Wildman–Crippen MR) is 74.8 cm³/mol. The first-order valence-electron chi connectivity index (χ1n) is 5.41. The summed E-state index contributed by atoms with van der Waals surface area (Å²) in [5, 5.41) is 1.23. The second-order valence-electron chi connectivity index (χ2n) is 3.78. The molecule has 0 N–H and O–H groups in total. The van der Waals surface area contributed by atoms with Gasteiger partial charge in [-0.2, -0.15) is 0 Å². The Morgan fingerprint density at radius 3 is 2.50 bits per heavy atom. The first-order valence-corrected chi connectivity index (χ1v) is 6.91. The number of hydrogen-bond donors (Lipinski definition) is 0. The smallest absolute Gasteiger partial charge is 0.165 e. The van der Waals surface area contributed by atoms with Gasteiger partial charge in [0.15, 0.2) is 11.6 Å². The molecule has 0 atom stereocenters. The van der Waals surface area contributed by atoms with E-state index in [9.17, 15) is 4.39 Å². The van der Waals surface area contributed by atoms with E-state index in [2.05, 4.69) is 15.9 Å². The van der Waals surface area contributed by atoms with Gasteiger partial charge in [-0.15, -0.1) is 0 Å². The molecule has 0 aliphatic rings. The molecular formula is C14H11BrClFO. The highest BCUT2D eigenvalue weighted by molar-refractivity contribution is 9.08. The Kier molecular flexibility index (Phi) is 4.61. The van der Waals surface area contributed by atoms with Crippen LogP contribution in [0.4, 0.5) is 4.39 Å². The van der Waals surface area contributed by atoms with Crippen molar-refractivity contribution in [1.82, 2.24) is 0 Å². The van der Waals surface area contributed by atoms with E-state index in [0.717, 1.165) is 11.1 Å². The molecule has 94 valence electrons. The number of benzene rings is 2. The van der Waals surface area contributed by atoms with Crippen LogP contribution in [0.3, 0.4) is 0 Å². The summed E-state index contributed by atoms with van der Waals surface area (Å²) < 4.78 is 19.2. The summed E-state index contributed by atoms with van der Waals surface area (Å²) in [5.41, 5.74) is 1.74. The van der Waals surface area contributed by atoms with E-state index in [-0.39, 0.29) is 5.82 Å². The lowest BCUT2D eigenvalue weighted by molar-refractivity contribution is 0.288. The number of ether oxygens (including phenoxy) is 1. The Bertz CT molecular complexity index is 528. The van der Waals surface area contributed by atoms with Crippen LogP contribution in [0.2, 0.25) is 5.02 Å². The van der Waals surface area contributed by atoms with Crippen molar-refractivity contribution in [3.8, 4) is 5.75 Å². The summed E-state index contributed by atoms with van der Waals surface area (Å²) >= 11 is 9.11. The van der Waals surface area contributed by atoms with Crippen LogP contribution in [0, 0.1) is 5.82 Å². The molecule has 0 aliphatic carbocycles. The molecule has 1 nitrogen and oxygen atoms in total. The molecule has 2 aromatic rings. The molecule has 0 saturated heterocycles. The van der Waals surface area contributed by atoms with Crippen LogP contribution >= 0.6 is 27.5 Å². The first-order chi connectivity index (χ1) is 8.70. The Labute approximate surface area is 119 Å². The molecule has 0 aromatic heterocycles. The first kappa shape index (κ1) is 13.4. The summed E-state index contributed by atoms with van der Waals surface area (Å²) in [6, 6.07) is 12.2. The maximum Gasteiger partial charge on any atom is 0.165 e. The molecule has 0 radical (unpaired) electrons. The van der Waals surface area contributed by atoms with Gasteiger partial charge in [0.05, 0.1) is 0 Å². The fraction of sp³-hybridized carbons (Fsp3) is 0.143. The van der Waals surface area contributed by atoms with E-state index in [1.165, 1.54) is 6.07 Å². The molecule has 4 heteroatoms.